The lowest BCUT2D eigenvalue weighted by molar-refractivity contribution is -0.142. The fourth-order valence-corrected chi connectivity index (χ4v) is 1.56. The minimum absolute atomic E-state index is 0.330. The van der Waals surface area contributed by atoms with Crippen molar-refractivity contribution in [3.8, 4) is 0 Å². The second kappa shape index (κ2) is 6.15. The van der Waals surface area contributed by atoms with Gasteiger partial charge in [-0.25, -0.2) is 0 Å². The number of nitrogens with zero attached hydrogens (tertiary/aromatic N) is 3. The Hall–Kier alpha value is -1.52. The van der Waals surface area contributed by atoms with Gasteiger partial charge in [-0.15, -0.1) is 0 Å². The molecule has 0 amide bonds. The van der Waals surface area contributed by atoms with E-state index in [1.807, 2.05) is 0 Å². The molecule has 0 N–H and O–H groups in total. The minimum atomic E-state index is -0.540. The first kappa shape index (κ1) is 12.5. The largest absolute Gasteiger partial charge is 0.465 e. The van der Waals surface area contributed by atoms with Gasteiger partial charge in [-0.2, -0.15) is 0 Å². The normalized spacial score (nSPS) is 11.4. The van der Waals surface area contributed by atoms with Crippen LogP contribution in [-0.4, -0.2) is 12.6 Å². The molecule has 1 rings (SSSR count). The number of esters is 1. The summed E-state index contributed by atoms with van der Waals surface area (Å²) in [4.78, 5) is 13.6. The van der Waals surface area contributed by atoms with Crippen molar-refractivity contribution in [2.45, 2.75) is 11.8 Å². The van der Waals surface area contributed by atoms with E-state index in [0.29, 0.717) is 17.9 Å². The van der Waals surface area contributed by atoms with Gasteiger partial charge in [0.15, 0.2) is 0 Å². The summed E-state index contributed by atoms with van der Waals surface area (Å²) >= 11 is 3.23. The molecule has 16 heavy (non-hydrogen) atoms. The number of hydrogen-bond donors (Lipinski definition) is 0. The molecule has 1 atom stereocenters. The van der Waals surface area contributed by atoms with E-state index in [1.54, 1.807) is 31.2 Å². The molecule has 6 heteroatoms. The molecule has 0 aliphatic rings. The third-order valence-electron chi connectivity index (χ3n) is 1.82. The Morgan fingerprint density at radius 2 is 2.44 bits per heavy atom. The molecule has 0 fully saturated rings. The third kappa shape index (κ3) is 3.25. The zero-order chi connectivity index (χ0) is 12.0. The van der Waals surface area contributed by atoms with Gasteiger partial charge in [0.05, 0.1) is 6.61 Å². The quantitative estimate of drug-likeness (QED) is 0.278. The highest BCUT2D eigenvalue weighted by Crippen LogP contribution is 2.27. The predicted molar refractivity (Wildman–Crippen MR) is 63.5 cm³/mol. The number of hydrogen-bond acceptors (Lipinski definition) is 3. The number of rotatable bonds is 4. The van der Waals surface area contributed by atoms with Crippen molar-refractivity contribution in [1.82, 2.24) is 0 Å². The summed E-state index contributed by atoms with van der Waals surface area (Å²) in [6.07, 6.45) is 0. The Labute approximate surface area is 101 Å². The van der Waals surface area contributed by atoms with E-state index in [2.05, 4.69) is 26.0 Å². The number of halogens is 1. The van der Waals surface area contributed by atoms with Gasteiger partial charge in [-0.3, -0.25) is 4.79 Å². The summed E-state index contributed by atoms with van der Waals surface area (Å²) in [5, 5.41) is 3.46. The lowest BCUT2D eigenvalue weighted by Crippen LogP contribution is -2.10. The fourth-order valence-electron chi connectivity index (χ4n) is 1.15. The van der Waals surface area contributed by atoms with Crippen molar-refractivity contribution < 1.29 is 9.53 Å². The maximum absolute atomic E-state index is 11.4. The van der Waals surface area contributed by atoms with Gasteiger partial charge in [0.2, 0.25) is 0 Å². The lowest BCUT2D eigenvalue weighted by Gasteiger charge is -2.09. The van der Waals surface area contributed by atoms with Gasteiger partial charge in [-0.1, -0.05) is 39.2 Å². The van der Waals surface area contributed by atoms with Crippen molar-refractivity contribution in [1.29, 1.82) is 0 Å². The average molecular weight is 284 g/mol. The van der Waals surface area contributed by atoms with Crippen LogP contribution in [0.3, 0.4) is 0 Å². The highest BCUT2D eigenvalue weighted by Gasteiger charge is 2.18. The summed E-state index contributed by atoms with van der Waals surface area (Å²) in [5.41, 5.74) is 9.46. The van der Waals surface area contributed by atoms with Crippen LogP contribution in [0.1, 0.15) is 17.3 Å². The molecule has 0 radical (unpaired) electrons. The first-order valence-electron chi connectivity index (χ1n) is 4.64. The molecule has 0 spiro atoms. The standard InChI is InChI=1S/C10H10BrN3O2/c1-2-16-10(15)9(11)7-4-3-5-8(6-7)13-14-12/h3-6,9H,2H2,1H3. The monoisotopic (exact) mass is 283 g/mol. The maximum atomic E-state index is 11.4. The Morgan fingerprint density at radius 1 is 1.69 bits per heavy atom. The Balaban J connectivity index is 2.90. The summed E-state index contributed by atoms with van der Waals surface area (Å²) in [7, 11) is 0. The molecule has 0 bridgehead atoms. The molecule has 5 nitrogen and oxygen atoms in total. The van der Waals surface area contributed by atoms with Crippen molar-refractivity contribution in [2.75, 3.05) is 6.61 Å². The molecule has 1 unspecified atom stereocenters. The SMILES string of the molecule is CCOC(=O)C(Br)c1cccc(N=[N+]=[N-])c1. The van der Waals surface area contributed by atoms with Crippen molar-refractivity contribution in [3.63, 3.8) is 0 Å². The molecule has 0 saturated carbocycles. The second-order valence-corrected chi connectivity index (χ2v) is 3.81. The molecule has 1 aromatic carbocycles. The number of ether oxygens (including phenoxy) is 1. The van der Waals surface area contributed by atoms with Gasteiger partial charge in [0.1, 0.15) is 4.83 Å². The average Bonchev–Trinajstić information content (AvgIpc) is 2.29. The van der Waals surface area contributed by atoms with E-state index in [0.717, 1.165) is 0 Å². The zero-order valence-corrected chi connectivity index (χ0v) is 10.2. The number of carbonyl (C=O) groups excluding carboxylic acids is 1. The van der Waals surface area contributed by atoms with Crippen LogP contribution in [0.5, 0.6) is 0 Å². The summed E-state index contributed by atoms with van der Waals surface area (Å²) < 4.78 is 4.87. The molecule has 0 aliphatic heterocycles. The molecule has 1 aromatic rings. The van der Waals surface area contributed by atoms with Crippen LogP contribution in [0.25, 0.3) is 10.4 Å². The molecular formula is C10H10BrN3O2. The number of benzene rings is 1. The molecular weight excluding hydrogens is 274 g/mol. The van der Waals surface area contributed by atoms with E-state index >= 15 is 0 Å². The number of carbonyl (C=O) groups is 1. The van der Waals surface area contributed by atoms with Crippen LogP contribution in [0, 0.1) is 0 Å². The predicted octanol–water partition coefficient (Wildman–Crippen LogP) is 3.63. The van der Waals surface area contributed by atoms with Crippen molar-refractivity contribution >= 4 is 27.6 Å². The summed E-state index contributed by atoms with van der Waals surface area (Å²) in [5.74, 6) is -0.361. The summed E-state index contributed by atoms with van der Waals surface area (Å²) in [6, 6.07) is 6.77. The Kier molecular flexibility index (Phi) is 4.82. The third-order valence-corrected chi connectivity index (χ3v) is 2.72. The molecule has 0 aromatic heterocycles. The van der Waals surface area contributed by atoms with E-state index in [9.17, 15) is 4.79 Å². The highest BCUT2D eigenvalue weighted by molar-refractivity contribution is 9.09. The van der Waals surface area contributed by atoms with Crippen LogP contribution in [0.15, 0.2) is 29.4 Å². The molecule has 84 valence electrons. The highest BCUT2D eigenvalue weighted by atomic mass is 79.9. The topological polar surface area (TPSA) is 75.1 Å². The van der Waals surface area contributed by atoms with Crippen LogP contribution in [0.4, 0.5) is 5.69 Å². The maximum Gasteiger partial charge on any atom is 0.324 e. The smallest absolute Gasteiger partial charge is 0.324 e. The van der Waals surface area contributed by atoms with Crippen LogP contribution in [0.2, 0.25) is 0 Å². The van der Waals surface area contributed by atoms with Gasteiger partial charge in [-0.05, 0) is 24.1 Å². The van der Waals surface area contributed by atoms with Crippen molar-refractivity contribution in [2.24, 2.45) is 5.11 Å². The van der Waals surface area contributed by atoms with Crippen LogP contribution >= 0.6 is 15.9 Å². The number of alkyl halides is 1. The Bertz CT molecular complexity index is 430. The molecule has 0 heterocycles. The fraction of sp³-hybridized carbons (Fsp3) is 0.300. The first-order chi connectivity index (χ1) is 7.69. The first-order valence-corrected chi connectivity index (χ1v) is 5.56. The van der Waals surface area contributed by atoms with Crippen molar-refractivity contribution in [3.05, 3.63) is 40.3 Å². The Morgan fingerprint density at radius 3 is 3.06 bits per heavy atom. The van der Waals surface area contributed by atoms with Gasteiger partial charge < -0.3 is 4.74 Å². The molecule has 0 saturated heterocycles. The minimum Gasteiger partial charge on any atom is -0.465 e. The molecule has 0 aliphatic carbocycles. The number of azide groups is 1. The van der Waals surface area contributed by atoms with E-state index in [-0.39, 0.29) is 5.97 Å². The second-order valence-electron chi connectivity index (χ2n) is 2.90. The lowest BCUT2D eigenvalue weighted by atomic mass is 10.1. The zero-order valence-electron chi connectivity index (χ0n) is 8.63. The van der Waals surface area contributed by atoms with Gasteiger partial charge >= 0.3 is 5.97 Å². The van der Waals surface area contributed by atoms with E-state index < -0.39 is 4.83 Å². The van der Waals surface area contributed by atoms with E-state index in [1.165, 1.54) is 0 Å². The van der Waals surface area contributed by atoms with Crippen LogP contribution in [-0.2, 0) is 9.53 Å². The van der Waals surface area contributed by atoms with Gasteiger partial charge in [0.25, 0.3) is 0 Å². The van der Waals surface area contributed by atoms with E-state index in [4.69, 9.17) is 10.3 Å². The summed E-state index contributed by atoms with van der Waals surface area (Å²) in [6.45, 7) is 2.07. The van der Waals surface area contributed by atoms with Crippen LogP contribution < -0.4 is 0 Å². The van der Waals surface area contributed by atoms with Gasteiger partial charge in [0, 0.05) is 10.6 Å².